The fourth-order valence-electron chi connectivity index (χ4n) is 3.21. The van der Waals surface area contributed by atoms with Gasteiger partial charge in [-0.05, 0) is 43.9 Å². The van der Waals surface area contributed by atoms with Gasteiger partial charge in [0.15, 0.2) is 0 Å². The SMILES string of the molecule is C/C1=N/c2cccc(C)c2CCC(=O)N1C1CCC(=O)NC1=O. The van der Waals surface area contributed by atoms with Crippen molar-refractivity contribution in [2.75, 3.05) is 0 Å². The van der Waals surface area contributed by atoms with E-state index < -0.39 is 11.9 Å². The highest BCUT2D eigenvalue weighted by atomic mass is 16.2. The molecule has 120 valence electrons. The number of amides is 3. The van der Waals surface area contributed by atoms with Gasteiger partial charge in [0.25, 0.3) is 0 Å². The van der Waals surface area contributed by atoms with Gasteiger partial charge in [0.1, 0.15) is 11.9 Å². The largest absolute Gasteiger partial charge is 0.295 e. The van der Waals surface area contributed by atoms with Gasteiger partial charge < -0.3 is 0 Å². The van der Waals surface area contributed by atoms with E-state index in [0.717, 1.165) is 16.8 Å². The van der Waals surface area contributed by atoms with Crippen molar-refractivity contribution in [3.8, 4) is 0 Å². The van der Waals surface area contributed by atoms with E-state index in [1.165, 1.54) is 4.90 Å². The maximum Gasteiger partial charge on any atom is 0.249 e. The summed E-state index contributed by atoms with van der Waals surface area (Å²) in [6.07, 6.45) is 1.50. The third-order valence-corrected chi connectivity index (χ3v) is 4.40. The van der Waals surface area contributed by atoms with E-state index in [9.17, 15) is 14.4 Å². The molecule has 6 nitrogen and oxygen atoms in total. The monoisotopic (exact) mass is 313 g/mol. The van der Waals surface area contributed by atoms with Gasteiger partial charge in [-0.2, -0.15) is 0 Å². The minimum atomic E-state index is -0.657. The maximum atomic E-state index is 12.6. The zero-order valence-corrected chi connectivity index (χ0v) is 13.3. The number of nitrogens with one attached hydrogen (secondary N) is 1. The van der Waals surface area contributed by atoms with Gasteiger partial charge in [0, 0.05) is 12.8 Å². The number of hydrogen-bond acceptors (Lipinski definition) is 4. The molecule has 23 heavy (non-hydrogen) atoms. The summed E-state index contributed by atoms with van der Waals surface area (Å²) in [4.78, 5) is 42.1. The van der Waals surface area contributed by atoms with E-state index in [1.807, 2.05) is 25.1 Å². The summed E-state index contributed by atoms with van der Waals surface area (Å²) in [6, 6.07) is 5.21. The van der Waals surface area contributed by atoms with E-state index >= 15 is 0 Å². The first-order chi connectivity index (χ1) is 11.0. The average molecular weight is 313 g/mol. The fraction of sp³-hybridized carbons (Fsp3) is 0.412. The molecular weight excluding hydrogens is 294 g/mol. The number of rotatable bonds is 1. The molecule has 3 rings (SSSR count). The van der Waals surface area contributed by atoms with Crippen molar-refractivity contribution in [2.45, 2.75) is 45.6 Å². The second-order valence-electron chi connectivity index (χ2n) is 5.96. The number of hydrogen-bond donors (Lipinski definition) is 1. The van der Waals surface area contributed by atoms with E-state index in [-0.39, 0.29) is 18.2 Å². The number of carbonyl (C=O) groups is 3. The Morgan fingerprint density at radius 3 is 2.65 bits per heavy atom. The van der Waals surface area contributed by atoms with Gasteiger partial charge in [-0.1, -0.05) is 12.1 Å². The third kappa shape index (κ3) is 2.88. The molecule has 1 aromatic carbocycles. The lowest BCUT2D eigenvalue weighted by Gasteiger charge is -2.33. The van der Waals surface area contributed by atoms with Crippen LogP contribution in [0.2, 0.25) is 0 Å². The van der Waals surface area contributed by atoms with Crippen LogP contribution in [0.15, 0.2) is 23.2 Å². The summed E-state index contributed by atoms with van der Waals surface area (Å²) < 4.78 is 0. The number of benzene rings is 1. The van der Waals surface area contributed by atoms with Gasteiger partial charge in [0.2, 0.25) is 17.7 Å². The molecule has 1 atom stereocenters. The van der Waals surface area contributed by atoms with Crippen LogP contribution in [0.4, 0.5) is 5.69 Å². The third-order valence-electron chi connectivity index (χ3n) is 4.40. The molecule has 3 amide bonds. The Morgan fingerprint density at radius 1 is 1.13 bits per heavy atom. The molecule has 6 heteroatoms. The van der Waals surface area contributed by atoms with Crippen molar-refractivity contribution >= 4 is 29.2 Å². The molecule has 0 spiro atoms. The molecule has 0 aromatic heterocycles. The Hall–Kier alpha value is -2.50. The zero-order valence-electron chi connectivity index (χ0n) is 13.3. The first-order valence-electron chi connectivity index (χ1n) is 7.77. The molecule has 0 radical (unpaired) electrons. The highest BCUT2D eigenvalue weighted by molar-refractivity contribution is 6.07. The Bertz CT molecular complexity index is 724. The van der Waals surface area contributed by atoms with E-state index in [1.54, 1.807) is 6.92 Å². The quantitative estimate of drug-likeness (QED) is 0.800. The Morgan fingerprint density at radius 2 is 1.91 bits per heavy atom. The number of piperidine rings is 1. The van der Waals surface area contributed by atoms with E-state index in [2.05, 4.69) is 10.3 Å². The number of carbonyl (C=O) groups excluding carboxylic acids is 3. The second-order valence-corrected chi connectivity index (χ2v) is 5.96. The maximum absolute atomic E-state index is 12.6. The first-order valence-corrected chi connectivity index (χ1v) is 7.77. The minimum absolute atomic E-state index is 0.130. The van der Waals surface area contributed by atoms with Crippen LogP contribution < -0.4 is 5.32 Å². The molecule has 1 N–H and O–H groups in total. The zero-order chi connectivity index (χ0) is 16.6. The lowest BCUT2D eigenvalue weighted by atomic mass is 9.98. The Labute approximate surface area is 134 Å². The number of nitrogens with zero attached hydrogens (tertiary/aromatic N) is 2. The molecule has 1 aromatic rings. The second kappa shape index (κ2) is 5.95. The number of aliphatic imine (C=N–C) groups is 1. The van der Waals surface area contributed by atoms with Gasteiger partial charge in [0.05, 0.1) is 5.69 Å². The molecule has 1 unspecified atom stereocenters. The normalized spacial score (nSPS) is 24.3. The van der Waals surface area contributed by atoms with Crippen molar-refractivity contribution < 1.29 is 14.4 Å². The highest BCUT2D eigenvalue weighted by Gasteiger charge is 2.36. The van der Waals surface area contributed by atoms with Gasteiger partial charge in [-0.15, -0.1) is 0 Å². The molecular formula is C17H19N3O3. The minimum Gasteiger partial charge on any atom is -0.295 e. The van der Waals surface area contributed by atoms with Gasteiger partial charge in [-0.25, -0.2) is 4.99 Å². The summed E-state index contributed by atoms with van der Waals surface area (Å²) in [6.45, 7) is 3.74. The van der Waals surface area contributed by atoms with Crippen LogP contribution in [0.3, 0.4) is 0 Å². The predicted molar refractivity (Wildman–Crippen MR) is 85.3 cm³/mol. The van der Waals surface area contributed by atoms with Crippen molar-refractivity contribution in [1.29, 1.82) is 0 Å². The van der Waals surface area contributed by atoms with Crippen LogP contribution in [-0.2, 0) is 20.8 Å². The summed E-state index contributed by atoms with van der Waals surface area (Å²) in [5, 5.41) is 2.31. The number of amidine groups is 1. The molecule has 2 heterocycles. The molecule has 0 saturated carbocycles. The van der Waals surface area contributed by atoms with Gasteiger partial charge >= 0.3 is 0 Å². The molecule has 2 aliphatic rings. The van der Waals surface area contributed by atoms with Crippen LogP contribution in [0.1, 0.15) is 37.3 Å². The van der Waals surface area contributed by atoms with Crippen LogP contribution in [0.25, 0.3) is 0 Å². The standard InChI is InChI=1S/C17H19N3O3/c1-10-4-3-5-13-12(10)6-9-16(22)20(11(2)18-13)14-7-8-15(21)19-17(14)23/h3-5,14H,6-9H2,1-2H3,(H,19,21,23)/b18-11-. The number of aryl methyl sites for hydroxylation is 1. The van der Waals surface area contributed by atoms with Gasteiger partial charge in [-0.3, -0.25) is 24.6 Å². The smallest absolute Gasteiger partial charge is 0.249 e. The summed E-state index contributed by atoms with van der Waals surface area (Å²) in [5.41, 5.74) is 3.02. The molecule has 0 bridgehead atoms. The average Bonchev–Trinajstić information content (AvgIpc) is 2.48. The van der Waals surface area contributed by atoms with Crippen molar-refractivity contribution in [1.82, 2.24) is 10.2 Å². The Kier molecular flexibility index (Phi) is 3.98. The lowest BCUT2D eigenvalue weighted by molar-refractivity contribution is -0.142. The van der Waals surface area contributed by atoms with Crippen molar-refractivity contribution in [3.63, 3.8) is 0 Å². The molecule has 1 saturated heterocycles. The van der Waals surface area contributed by atoms with Crippen LogP contribution in [0, 0.1) is 6.92 Å². The van der Waals surface area contributed by atoms with Crippen LogP contribution in [0.5, 0.6) is 0 Å². The number of fused-ring (bicyclic) bond motifs is 1. The number of imide groups is 1. The topological polar surface area (TPSA) is 78.8 Å². The predicted octanol–water partition coefficient (Wildman–Crippen LogP) is 1.62. The summed E-state index contributed by atoms with van der Waals surface area (Å²) >= 11 is 0. The van der Waals surface area contributed by atoms with E-state index in [0.29, 0.717) is 25.1 Å². The molecule has 0 aliphatic carbocycles. The Balaban J connectivity index is 1.99. The molecule has 1 fully saturated rings. The van der Waals surface area contributed by atoms with Crippen LogP contribution >= 0.6 is 0 Å². The highest BCUT2D eigenvalue weighted by Crippen LogP contribution is 2.28. The van der Waals surface area contributed by atoms with Crippen molar-refractivity contribution in [2.24, 2.45) is 4.99 Å². The van der Waals surface area contributed by atoms with Crippen molar-refractivity contribution in [3.05, 3.63) is 29.3 Å². The lowest BCUT2D eigenvalue weighted by Crippen LogP contribution is -2.56. The first kappa shape index (κ1) is 15.4. The van der Waals surface area contributed by atoms with E-state index in [4.69, 9.17) is 0 Å². The fourth-order valence-corrected chi connectivity index (χ4v) is 3.21. The molecule has 2 aliphatic heterocycles. The summed E-state index contributed by atoms with van der Waals surface area (Å²) in [5.74, 6) is -0.346. The summed E-state index contributed by atoms with van der Waals surface area (Å²) in [7, 11) is 0. The van der Waals surface area contributed by atoms with Crippen LogP contribution in [-0.4, -0.2) is 34.5 Å².